The van der Waals surface area contributed by atoms with Gasteiger partial charge in [-0.3, -0.25) is 19.3 Å². The predicted octanol–water partition coefficient (Wildman–Crippen LogP) is -1.23. The summed E-state index contributed by atoms with van der Waals surface area (Å²) < 4.78 is 5.51. The number of esters is 1. The summed E-state index contributed by atoms with van der Waals surface area (Å²) in [6.45, 7) is 1.41. The third kappa shape index (κ3) is 2.58. The van der Waals surface area contributed by atoms with Gasteiger partial charge in [-0.05, 0) is 33.5 Å². The summed E-state index contributed by atoms with van der Waals surface area (Å²) >= 11 is 0. The van der Waals surface area contributed by atoms with Crippen molar-refractivity contribution < 1.29 is 49.4 Å². The molecule has 1 fully saturated rings. The number of hydrogen-bond donors (Lipinski definition) is 6. The molecule has 1 amide bonds. The van der Waals surface area contributed by atoms with E-state index in [0.717, 1.165) is 0 Å². The van der Waals surface area contributed by atoms with Crippen LogP contribution in [-0.4, -0.2) is 85.2 Å². The van der Waals surface area contributed by atoms with Crippen LogP contribution in [0.25, 0.3) is 0 Å². The van der Waals surface area contributed by atoms with Crippen molar-refractivity contribution in [2.75, 3.05) is 14.1 Å². The van der Waals surface area contributed by atoms with Crippen LogP contribution in [0.15, 0.2) is 29.7 Å². The standard InChI is InChI=1S/C22H24N2O10/c1-20(8-5-4-6-11(25)12(8)17(29)34-20)10-7-9-13(24(2)3)15(27)22(33,19(23)31)18(30)21(9,32)16(28)14(10)26/h4-6,9-10,13,25-26,28,32-33H,7H2,1-3H3,(H2,23,31)/t9-,10-,13-,20-,21-,22?/m0/s1. The van der Waals surface area contributed by atoms with Gasteiger partial charge in [0.1, 0.15) is 22.7 Å². The lowest BCUT2D eigenvalue weighted by molar-refractivity contribution is -0.192. The number of carbonyl (C=O) groups is 4. The predicted molar refractivity (Wildman–Crippen MR) is 111 cm³/mol. The number of rotatable bonds is 3. The Bertz CT molecular complexity index is 1190. The summed E-state index contributed by atoms with van der Waals surface area (Å²) in [7, 11) is 2.77. The molecule has 1 saturated carbocycles. The number of aromatic hydroxyl groups is 1. The molecule has 1 unspecified atom stereocenters. The maximum Gasteiger partial charge on any atom is 0.343 e. The number of amides is 1. The minimum atomic E-state index is -3.45. The number of phenols is 1. The Morgan fingerprint density at radius 3 is 2.32 bits per heavy atom. The van der Waals surface area contributed by atoms with Crippen LogP contribution < -0.4 is 5.73 Å². The molecular weight excluding hydrogens is 452 g/mol. The number of likely N-dealkylation sites (N-methyl/N-ethyl adjacent to an activating group) is 1. The molecule has 1 aliphatic heterocycles. The molecule has 6 atom stereocenters. The molecule has 2 aliphatic carbocycles. The summed E-state index contributed by atoms with van der Waals surface area (Å²) in [5.74, 6) is -11.1. The van der Waals surface area contributed by atoms with Crippen LogP contribution >= 0.6 is 0 Å². The molecular formula is C22H24N2O10. The summed E-state index contributed by atoms with van der Waals surface area (Å²) in [6.07, 6.45) is -0.402. The number of primary amides is 1. The zero-order chi connectivity index (χ0) is 25.5. The minimum absolute atomic E-state index is 0.152. The monoisotopic (exact) mass is 476 g/mol. The van der Waals surface area contributed by atoms with E-state index < -0.39 is 76.1 Å². The second-order valence-corrected chi connectivity index (χ2v) is 9.27. The zero-order valence-electron chi connectivity index (χ0n) is 18.5. The highest BCUT2D eigenvalue weighted by Crippen LogP contribution is 2.55. The number of nitrogens with zero attached hydrogens (tertiary/aromatic N) is 1. The van der Waals surface area contributed by atoms with E-state index in [2.05, 4.69) is 0 Å². The molecule has 3 aliphatic rings. The highest BCUT2D eigenvalue weighted by atomic mass is 16.6. The van der Waals surface area contributed by atoms with Gasteiger partial charge in [-0.2, -0.15) is 0 Å². The quantitative estimate of drug-likeness (QED) is 0.225. The Morgan fingerprint density at radius 2 is 1.76 bits per heavy atom. The first-order valence-corrected chi connectivity index (χ1v) is 10.3. The number of hydrogen-bond acceptors (Lipinski definition) is 11. The van der Waals surface area contributed by atoms with Crippen LogP contribution in [0, 0.1) is 11.8 Å². The third-order valence-electron chi connectivity index (χ3n) is 7.31. The van der Waals surface area contributed by atoms with Crippen molar-refractivity contribution in [3.05, 3.63) is 40.8 Å². The number of Topliss-reactive ketones (excluding diaryl/α,β-unsaturated/α-hetero) is 2. The van der Waals surface area contributed by atoms with Crippen LogP contribution in [0.3, 0.4) is 0 Å². The molecule has 0 bridgehead atoms. The number of carbonyl (C=O) groups excluding carboxylic acids is 4. The summed E-state index contributed by atoms with van der Waals surface area (Å²) in [5, 5.41) is 54.0. The smallest absolute Gasteiger partial charge is 0.343 e. The number of phenolic OH excluding ortho intramolecular Hbond substituents is 1. The van der Waals surface area contributed by atoms with Crippen LogP contribution in [0.4, 0.5) is 0 Å². The number of ketones is 2. The molecule has 12 heteroatoms. The van der Waals surface area contributed by atoms with Crippen LogP contribution in [0.1, 0.15) is 29.3 Å². The van der Waals surface area contributed by atoms with Crippen molar-refractivity contribution in [1.82, 2.24) is 4.90 Å². The van der Waals surface area contributed by atoms with Crippen molar-refractivity contribution in [3.63, 3.8) is 0 Å². The zero-order valence-corrected chi connectivity index (χ0v) is 18.5. The van der Waals surface area contributed by atoms with Crippen molar-refractivity contribution in [1.29, 1.82) is 0 Å². The first-order valence-electron chi connectivity index (χ1n) is 10.3. The lowest BCUT2D eigenvalue weighted by atomic mass is 9.56. The maximum absolute atomic E-state index is 13.1. The van der Waals surface area contributed by atoms with Crippen molar-refractivity contribution in [3.8, 4) is 5.75 Å². The fourth-order valence-corrected chi connectivity index (χ4v) is 5.53. The Balaban J connectivity index is 1.95. The van der Waals surface area contributed by atoms with E-state index >= 15 is 0 Å². The minimum Gasteiger partial charge on any atom is -0.508 e. The van der Waals surface area contributed by atoms with E-state index in [1.54, 1.807) is 0 Å². The number of nitrogens with two attached hydrogens (primary N) is 1. The molecule has 1 aromatic carbocycles. The van der Waals surface area contributed by atoms with Crippen molar-refractivity contribution in [2.24, 2.45) is 17.6 Å². The number of ether oxygens (including phenoxy) is 1. The molecule has 4 rings (SSSR count). The number of fused-ring (bicyclic) bond motifs is 2. The van der Waals surface area contributed by atoms with Gasteiger partial charge in [0.05, 0.1) is 12.0 Å². The van der Waals surface area contributed by atoms with Crippen LogP contribution in [0.5, 0.6) is 5.75 Å². The summed E-state index contributed by atoms with van der Waals surface area (Å²) in [6, 6.07) is 2.67. The topological polar surface area (TPSA) is 208 Å². The first kappa shape index (κ1) is 23.7. The Morgan fingerprint density at radius 1 is 1.15 bits per heavy atom. The average molecular weight is 476 g/mol. The highest BCUT2D eigenvalue weighted by molar-refractivity contribution is 6.32. The lowest BCUT2D eigenvalue weighted by Gasteiger charge is -2.52. The Kier molecular flexibility index (Phi) is 4.88. The molecule has 12 nitrogen and oxygen atoms in total. The molecule has 0 aromatic heterocycles. The largest absolute Gasteiger partial charge is 0.508 e. The van der Waals surface area contributed by atoms with E-state index in [-0.39, 0.29) is 16.9 Å². The summed E-state index contributed by atoms with van der Waals surface area (Å²) in [4.78, 5) is 52.0. The van der Waals surface area contributed by atoms with E-state index in [0.29, 0.717) is 0 Å². The SMILES string of the molecule is CN(C)[C@@H]1C(=O)C(O)(C(N)=O)C(=O)[C@@]2(O)C(O)=C(O)[C@@H]([C@@]3(C)OC(=O)c4c(O)cccc43)C[C@@H]12. The van der Waals surface area contributed by atoms with Crippen molar-refractivity contribution >= 4 is 23.4 Å². The van der Waals surface area contributed by atoms with Gasteiger partial charge in [-0.1, -0.05) is 12.1 Å². The highest BCUT2D eigenvalue weighted by Gasteiger charge is 2.73. The van der Waals surface area contributed by atoms with Gasteiger partial charge in [-0.15, -0.1) is 0 Å². The van der Waals surface area contributed by atoms with Crippen molar-refractivity contribution in [2.45, 2.75) is 36.2 Å². The molecule has 0 spiro atoms. The third-order valence-corrected chi connectivity index (χ3v) is 7.31. The fourth-order valence-electron chi connectivity index (χ4n) is 5.53. The van der Waals surface area contributed by atoms with Gasteiger partial charge in [0.15, 0.2) is 17.1 Å². The van der Waals surface area contributed by atoms with Crippen LogP contribution in [0.2, 0.25) is 0 Å². The molecule has 0 radical (unpaired) electrons. The first-order chi connectivity index (χ1) is 15.6. The average Bonchev–Trinajstić information content (AvgIpc) is 3.03. The van der Waals surface area contributed by atoms with E-state index in [1.807, 2.05) is 0 Å². The molecule has 7 N–H and O–H groups in total. The lowest BCUT2D eigenvalue weighted by Crippen LogP contribution is -2.77. The second kappa shape index (κ2) is 7.01. The number of cyclic esters (lactones) is 1. The van der Waals surface area contributed by atoms with Gasteiger partial charge in [0.2, 0.25) is 5.78 Å². The molecule has 1 aromatic rings. The number of aliphatic hydroxyl groups excluding tert-OH is 2. The summed E-state index contributed by atoms with van der Waals surface area (Å²) in [5.41, 5.74) is -3.02. The Hall–Kier alpha value is -3.48. The molecule has 182 valence electrons. The van der Waals surface area contributed by atoms with Gasteiger partial charge >= 0.3 is 5.97 Å². The molecule has 1 heterocycles. The maximum atomic E-state index is 13.1. The normalized spacial score (nSPS) is 37.5. The molecule has 34 heavy (non-hydrogen) atoms. The van der Waals surface area contributed by atoms with E-state index in [1.165, 1.54) is 44.1 Å². The van der Waals surface area contributed by atoms with Crippen LogP contribution in [-0.2, 0) is 24.7 Å². The fraction of sp³-hybridized carbons (Fsp3) is 0.455. The Labute approximate surface area is 192 Å². The van der Waals surface area contributed by atoms with Gasteiger partial charge in [-0.25, -0.2) is 4.79 Å². The molecule has 0 saturated heterocycles. The van der Waals surface area contributed by atoms with E-state index in [9.17, 15) is 44.7 Å². The second-order valence-electron chi connectivity index (χ2n) is 9.27. The van der Waals surface area contributed by atoms with Gasteiger partial charge < -0.3 is 36.0 Å². The van der Waals surface area contributed by atoms with Gasteiger partial charge in [0.25, 0.3) is 11.5 Å². The van der Waals surface area contributed by atoms with Gasteiger partial charge in [0, 0.05) is 11.5 Å². The van der Waals surface area contributed by atoms with E-state index in [4.69, 9.17) is 10.5 Å². The number of benzene rings is 1. The number of aliphatic hydroxyl groups is 4.